The van der Waals surface area contributed by atoms with Crippen molar-refractivity contribution in [1.29, 1.82) is 0 Å². The normalized spacial score (nSPS) is 29.9. The average molecular weight is 386 g/mol. The molecule has 150 valence electrons. The number of nitrogens with one attached hydrogen (secondary N) is 2. The van der Waals surface area contributed by atoms with E-state index in [1.165, 1.54) is 20.9 Å². The molecule has 1 aromatic carbocycles. The van der Waals surface area contributed by atoms with Crippen molar-refractivity contribution >= 4 is 11.8 Å². The number of benzene rings is 1. The van der Waals surface area contributed by atoms with E-state index in [1.807, 2.05) is 18.2 Å². The second-order valence-electron chi connectivity index (χ2n) is 8.41. The summed E-state index contributed by atoms with van der Waals surface area (Å²) in [4.78, 5) is 29.8. The van der Waals surface area contributed by atoms with E-state index in [-0.39, 0.29) is 23.7 Å². The Bertz CT molecular complexity index is 757. The van der Waals surface area contributed by atoms with Gasteiger partial charge in [0, 0.05) is 5.56 Å². The van der Waals surface area contributed by atoms with E-state index in [4.69, 9.17) is 4.74 Å². The van der Waals surface area contributed by atoms with Gasteiger partial charge in [-0.15, -0.1) is 0 Å². The molecular formula is C22H31N3O3+2. The Labute approximate surface area is 166 Å². The minimum absolute atomic E-state index is 0.0473. The van der Waals surface area contributed by atoms with Crippen LogP contribution in [0.2, 0.25) is 0 Å². The third-order valence-electron chi connectivity index (χ3n) is 6.52. The van der Waals surface area contributed by atoms with Gasteiger partial charge < -0.3 is 14.5 Å². The maximum atomic E-state index is 12.7. The SMILES string of the molecule is COc1ccc(C)cc1C[NH+]1CC[NH+](CN2C(=O)[C@H]3CC=CC[C@H]3C2=O)CC1. The van der Waals surface area contributed by atoms with Crippen LogP contribution in [-0.2, 0) is 16.1 Å². The number of allylic oxidation sites excluding steroid dienone is 2. The van der Waals surface area contributed by atoms with Crippen LogP contribution in [0.5, 0.6) is 5.75 Å². The van der Waals surface area contributed by atoms with Crippen LogP contribution < -0.4 is 14.5 Å². The van der Waals surface area contributed by atoms with Gasteiger partial charge in [-0.2, -0.15) is 0 Å². The fraction of sp³-hybridized carbons (Fsp3) is 0.545. The molecule has 1 aromatic rings. The number of fused-ring (bicyclic) bond motifs is 1. The van der Waals surface area contributed by atoms with Crippen molar-refractivity contribution in [3.8, 4) is 5.75 Å². The number of likely N-dealkylation sites (tertiary alicyclic amines) is 1. The summed E-state index contributed by atoms with van der Waals surface area (Å²) in [5, 5.41) is 0. The molecule has 2 saturated heterocycles. The average Bonchev–Trinajstić information content (AvgIpc) is 2.95. The van der Waals surface area contributed by atoms with Crippen molar-refractivity contribution in [2.45, 2.75) is 26.3 Å². The van der Waals surface area contributed by atoms with Crippen molar-refractivity contribution < 1.29 is 24.1 Å². The molecule has 0 bridgehead atoms. The highest BCUT2D eigenvalue weighted by molar-refractivity contribution is 6.05. The molecule has 2 atom stereocenters. The summed E-state index contributed by atoms with van der Waals surface area (Å²) < 4.78 is 5.52. The maximum absolute atomic E-state index is 12.7. The number of quaternary nitrogens is 2. The number of carbonyl (C=O) groups is 2. The Balaban J connectivity index is 1.32. The van der Waals surface area contributed by atoms with Gasteiger partial charge in [0.05, 0.1) is 18.9 Å². The van der Waals surface area contributed by atoms with Gasteiger partial charge in [-0.3, -0.25) is 9.59 Å². The minimum atomic E-state index is -0.113. The quantitative estimate of drug-likeness (QED) is 0.515. The summed E-state index contributed by atoms with van der Waals surface area (Å²) in [7, 11) is 1.72. The maximum Gasteiger partial charge on any atom is 0.237 e. The number of aryl methyl sites for hydroxylation is 1. The Morgan fingerprint density at radius 3 is 2.21 bits per heavy atom. The summed E-state index contributed by atoms with van der Waals surface area (Å²) in [6.45, 7) is 7.63. The van der Waals surface area contributed by atoms with Gasteiger partial charge in [0.25, 0.3) is 0 Å². The van der Waals surface area contributed by atoms with Crippen LogP contribution in [-0.4, -0.2) is 56.7 Å². The fourth-order valence-electron chi connectivity index (χ4n) is 4.86. The largest absolute Gasteiger partial charge is 0.496 e. The monoisotopic (exact) mass is 385 g/mol. The highest BCUT2D eigenvalue weighted by Crippen LogP contribution is 2.34. The predicted molar refractivity (Wildman–Crippen MR) is 105 cm³/mol. The van der Waals surface area contributed by atoms with Gasteiger partial charge in [0.15, 0.2) is 6.67 Å². The molecule has 2 N–H and O–H groups in total. The number of imide groups is 1. The first-order valence-electron chi connectivity index (χ1n) is 10.4. The number of ether oxygens (including phenoxy) is 1. The molecule has 0 spiro atoms. The highest BCUT2D eigenvalue weighted by Gasteiger charge is 2.48. The van der Waals surface area contributed by atoms with Crippen molar-refractivity contribution in [3.05, 3.63) is 41.5 Å². The Hall–Kier alpha value is -2.18. The number of rotatable bonds is 5. The summed E-state index contributed by atoms with van der Waals surface area (Å²) in [6.07, 6.45) is 5.53. The summed E-state index contributed by atoms with van der Waals surface area (Å²) in [5.74, 6) is 0.824. The van der Waals surface area contributed by atoms with Crippen molar-refractivity contribution in [3.63, 3.8) is 0 Å². The van der Waals surface area contributed by atoms with Gasteiger partial charge >= 0.3 is 0 Å². The van der Waals surface area contributed by atoms with Gasteiger partial charge in [0.1, 0.15) is 38.5 Å². The molecule has 3 aliphatic rings. The van der Waals surface area contributed by atoms with E-state index in [9.17, 15) is 9.59 Å². The first-order valence-corrected chi connectivity index (χ1v) is 10.4. The second-order valence-corrected chi connectivity index (χ2v) is 8.41. The molecule has 1 aliphatic carbocycles. The number of hydrogen-bond acceptors (Lipinski definition) is 3. The lowest BCUT2D eigenvalue weighted by Crippen LogP contribution is -3.28. The molecule has 0 unspecified atom stereocenters. The van der Waals surface area contributed by atoms with Crippen molar-refractivity contribution in [1.82, 2.24) is 4.90 Å². The van der Waals surface area contributed by atoms with Gasteiger partial charge in [0.2, 0.25) is 11.8 Å². The van der Waals surface area contributed by atoms with Gasteiger partial charge in [-0.1, -0.05) is 23.8 Å². The third-order valence-corrected chi connectivity index (χ3v) is 6.52. The summed E-state index contributed by atoms with van der Waals surface area (Å²) in [5.41, 5.74) is 2.50. The molecule has 6 heteroatoms. The molecule has 2 heterocycles. The van der Waals surface area contributed by atoms with Crippen LogP contribution >= 0.6 is 0 Å². The third kappa shape index (κ3) is 3.71. The van der Waals surface area contributed by atoms with Gasteiger partial charge in [-0.05, 0) is 31.9 Å². The van der Waals surface area contributed by atoms with Crippen LogP contribution in [0.4, 0.5) is 0 Å². The molecule has 6 nitrogen and oxygen atoms in total. The molecular weight excluding hydrogens is 354 g/mol. The van der Waals surface area contributed by atoms with E-state index < -0.39 is 0 Å². The molecule has 2 amide bonds. The van der Waals surface area contributed by atoms with E-state index in [0.717, 1.165) is 51.3 Å². The van der Waals surface area contributed by atoms with Crippen LogP contribution in [0.3, 0.4) is 0 Å². The van der Waals surface area contributed by atoms with Crippen LogP contribution in [0.25, 0.3) is 0 Å². The Morgan fingerprint density at radius 1 is 1.00 bits per heavy atom. The number of carbonyl (C=O) groups excluding carboxylic acids is 2. The lowest BCUT2D eigenvalue weighted by molar-refractivity contribution is -1.02. The topological polar surface area (TPSA) is 55.5 Å². The predicted octanol–water partition coefficient (Wildman–Crippen LogP) is -0.804. The second kappa shape index (κ2) is 8.05. The highest BCUT2D eigenvalue weighted by atomic mass is 16.5. The first-order chi connectivity index (χ1) is 13.6. The number of nitrogens with zero attached hydrogens (tertiary/aromatic N) is 1. The molecule has 2 fully saturated rings. The van der Waals surface area contributed by atoms with E-state index in [1.54, 1.807) is 12.0 Å². The van der Waals surface area contributed by atoms with Crippen molar-refractivity contribution in [2.24, 2.45) is 11.8 Å². The zero-order valence-corrected chi connectivity index (χ0v) is 16.9. The number of piperazine rings is 1. The minimum Gasteiger partial charge on any atom is -0.496 e. The van der Waals surface area contributed by atoms with E-state index >= 15 is 0 Å². The fourth-order valence-corrected chi connectivity index (χ4v) is 4.86. The standard InChI is InChI=1S/C22H29N3O3/c1-16-7-8-20(28-2)17(13-16)14-23-9-11-24(12-10-23)15-25-21(26)18-5-3-4-6-19(18)22(25)27/h3-4,7-8,13,18-19H,5-6,9-12,14-15H2,1-2H3/p+2/t18-,19+. The van der Waals surface area contributed by atoms with E-state index in [0.29, 0.717) is 6.67 Å². The first kappa shape index (κ1) is 19.2. The van der Waals surface area contributed by atoms with Crippen LogP contribution in [0.15, 0.2) is 30.4 Å². The lowest BCUT2D eigenvalue weighted by atomic mass is 9.85. The van der Waals surface area contributed by atoms with E-state index in [2.05, 4.69) is 19.1 Å². The Kier molecular flexibility index (Phi) is 5.51. The summed E-state index contributed by atoms with van der Waals surface area (Å²) in [6, 6.07) is 6.34. The molecule has 2 aliphatic heterocycles. The Morgan fingerprint density at radius 2 is 1.61 bits per heavy atom. The molecule has 0 radical (unpaired) electrons. The number of hydrogen-bond donors (Lipinski definition) is 2. The van der Waals surface area contributed by atoms with Crippen LogP contribution in [0, 0.1) is 18.8 Å². The number of methoxy groups -OCH3 is 1. The zero-order chi connectivity index (χ0) is 19.7. The lowest BCUT2D eigenvalue weighted by Gasteiger charge is -2.31. The number of amides is 2. The molecule has 0 aromatic heterocycles. The summed E-state index contributed by atoms with van der Waals surface area (Å²) >= 11 is 0. The molecule has 0 saturated carbocycles. The van der Waals surface area contributed by atoms with Crippen LogP contribution in [0.1, 0.15) is 24.0 Å². The smallest absolute Gasteiger partial charge is 0.237 e. The molecule has 28 heavy (non-hydrogen) atoms. The van der Waals surface area contributed by atoms with Gasteiger partial charge in [-0.25, -0.2) is 4.90 Å². The molecule has 4 rings (SSSR count). The zero-order valence-electron chi connectivity index (χ0n) is 16.9. The van der Waals surface area contributed by atoms with Crippen molar-refractivity contribution in [2.75, 3.05) is 40.0 Å².